The highest BCUT2D eigenvalue weighted by Crippen LogP contribution is 2.55. The van der Waals surface area contributed by atoms with Crippen LogP contribution in [0.5, 0.6) is 0 Å². The van der Waals surface area contributed by atoms with Crippen LogP contribution < -0.4 is 10.6 Å². The predicted octanol–water partition coefficient (Wildman–Crippen LogP) is 5.13. The second-order valence-electron chi connectivity index (χ2n) is 16.1. The Hall–Kier alpha value is -2.26. The van der Waals surface area contributed by atoms with Gasteiger partial charge in [0.1, 0.15) is 0 Å². The summed E-state index contributed by atoms with van der Waals surface area (Å²) < 4.78 is 6.38. The molecular weight excluding hydrogens is 645 g/mol. The summed E-state index contributed by atoms with van der Waals surface area (Å²) in [5, 5.41) is 17.8. The van der Waals surface area contributed by atoms with Gasteiger partial charge in [-0.25, -0.2) is 0 Å². The van der Waals surface area contributed by atoms with Crippen LogP contribution in [0.15, 0.2) is 30.9 Å². The van der Waals surface area contributed by atoms with Crippen molar-refractivity contribution < 1.29 is 14.3 Å². The van der Waals surface area contributed by atoms with Crippen LogP contribution in [0.1, 0.15) is 93.7 Å². The first-order chi connectivity index (χ1) is 24.3. The summed E-state index contributed by atoms with van der Waals surface area (Å²) in [6.07, 6.45) is 14.1. The fraction of sp³-hybridized carbons (Fsp3) is 0.725. The van der Waals surface area contributed by atoms with E-state index in [1.807, 2.05) is 16.7 Å². The molecule has 9 nitrogen and oxygen atoms in total. The molecule has 6 unspecified atom stereocenters. The van der Waals surface area contributed by atoms with E-state index in [-0.39, 0.29) is 36.4 Å². The Morgan fingerprint density at radius 1 is 1.10 bits per heavy atom. The average Bonchev–Trinajstić information content (AvgIpc) is 3.52. The molecule has 4 heterocycles. The van der Waals surface area contributed by atoms with Crippen LogP contribution in [0.3, 0.4) is 0 Å². The molecule has 1 amide bonds. The monoisotopic (exact) mass is 702 g/mol. The summed E-state index contributed by atoms with van der Waals surface area (Å²) in [5.74, 6) is 1.43. The van der Waals surface area contributed by atoms with Gasteiger partial charge in [-0.2, -0.15) is 5.26 Å². The van der Waals surface area contributed by atoms with E-state index in [0.717, 1.165) is 63.7 Å². The van der Waals surface area contributed by atoms with Crippen LogP contribution in [0.25, 0.3) is 0 Å². The molecule has 10 heteroatoms. The van der Waals surface area contributed by atoms with Crippen molar-refractivity contribution in [2.45, 2.75) is 131 Å². The molecule has 0 aromatic heterocycles. The number of nitrogens with zero attached hydrogens (tertiary/aromatic N) is 4. The molecule has 5 fully saturated rings. The molecule has 0 bridgehead atoms. The first kappa shape index (κ1) is 36.1. The van der Waals surface area contributed by atoms with Crippen molar-refractivity contribution in [2.75, 3.05) is 39.8 Å². The number of piperazine rings is 1. The number of amides is 1. The molecule has 2 N–H and O–H groups in total. The number of hydrogen-bond acceptors (Lipinski definition) is 9. The number of aryl methyl sites for hydroxylation is 1. The smallest absolute Gasteiger partial charge is 0.246 e. The summed E-state index contributed by atoms with van der Waals surface area (Å²) in [6, 6.07) is 9.11. The van der Waals surface area contributed by atoms with E-state index in [9.17, 15) is 10.1 Å². The summed E-state index contributed by atoms with van der Waals surface area (Å²) in [6.45, 7) is 9.44. The third kappa shape index (κ3) is 6.72. The van der Waals surface area contributed by atoms with Crippen molar-refractivity contribution in [3.8, 4) is 6.07 Å². The number of rotatable bonds is 7. The van der Waals surface area contributed by atoms with E-state index in [4.69, 9.17) is 4.74 Å². The van der Waals surface area contributed by atoms with Crippen molar-refractivity contribution in [3.05, 3.63) is 47.5 Å². The number of ether oxygens (including phenoxy) is 1. The highest BCUT2D eigenvalue weighted by Gasteiger charge is 2.66. The maximum absolute atomic E-state index is 16.0. The Balaban J connectivity index is 1.28. The molecule has 0 radical (unpaired) electrons. The van der Waals surface area contributed by atoms with E-state index < -0.39 is 16.6 Å². The zero-order chi connectivity index (χ0) is 34.9. The normalized spacial score (nSPS) is 35.9. The van der Waals surface area contributed by atoms with Gasteiger partial charge in [0.15, 0.2) is 12.1 Å². The van der Waals surface area contributed by atoms with Crippen LogP contribution in [0.2, 0.25) is 0 Å². The zero-order valence-electron chi connectivity index (χ0n) is 30.3. The highest BCUT2D eigenvalue weighted by atomic mass is 32.2. The lowest BCUT2D eigenvalue weighted by Gasteiger charge is -2.62. The molecule has 3 saturated heterocycles. The van der Waals surface area contributed by atoms with E-state index in [0.29, 0.717) is 38.1 Å². The lowest BCUT2D eigenvalue weighted by Crippen LogP contribution is -2.82. The standard InChI is InChI=1S/C40H58N6O3S/c1-4-35(47)46-23-22-45(25-31(46)18-20-41)36-34-17-19-39(24-29-13-10-12-28(2)33(29)27-50-39)37(48)40(34,30-14-8-6-5-7-9-15-30)43-38(42-36)49-26-32-16-11-21-44(32)3/h4,10,12-13,30-32,34,36,38,42-43H,1,5-9,11,14-19,21-27H2,2-3H3/t31?,32?,34?,36?,38?,39-,40?/m1/s1. The third-order valence-corrected chi connectivity index (χ3v) is 14.9. The lowest BCUT2D eigenvalue weighted by molar-refractivity contribution is -0.169. The first-order valence-electron chi connectivity index (χ1n) is 19.5. The zero-order valence-corrected chi connectivity index (χ0v) is 31.2. The van der Waals surface area contributed by atoms with Crippen molar-refractivity contribution in [3.63, 3.8) is 0 Å². The van der Waals surface area contributed by atoms with Gasteiger partial charge >= 0.3 is 0 Å². The Morgan fingerprint density at radius 3 is 2.64 bits per heavy atom. The fourth-order valence-electron chi connectivity index (χ4n) is 10.6. The van der Waals surface area contributed by atoms with Gasteiger partial charge < -0.3 is 14.5 Å². The molecule has 50 heavy (non-hydrogen) atoms. The quantitative estimate of drug-likeness (QED) is 0.375. The molecule has 4 aliphatic heterocycles. The average molecular weight is 703 g/mol. The van der Waals surface area contributed by atoms with Crippen LogP contribution in [-0.4, -0.2) is 101 Å². The van der Waals surface area contributed by atoms with Crippen molar-refractivity contribution in [1.29, 1.82) is 5.26 Å². The van der Waals surface area contributed by atoms with Crippen LogP contribution in [-0.2, 0) is 26.5 Å². The van der Waals surface area contributed by atoms with Gasteiger partial charge in [-0.1, -0.05) is 56.9 Å². The van der Waals surface area contributed by atoms with Gasteiger partial charge in [-0.3, -0.25) is 25.1 Å². The Labute approximate surface area is 303 Å². The largest absolute Gasteiger partial charge is 0.348 e. The number of thioether (sulfide) groups is 1. The van der Waals surface area contributed by atoms with Crippen LogP contribution in [0, 0.1) is 30.1 Å². The van der Waals surface area contributed by atoms with Crippen LogP contribution in [0.4, 0.5) is 0 Å². The molecule has 2 saturated carbocycles. The molecule has 1 aromatic rings. The predicted molar refractivity (Wildman–Crippen MR) is 198 cm³/mol. The SMILES string of the molecule is C=CC(=O)N1CCN(C2NC(OCC3CCCN3C)NC3(C4CCCCCCC4)C(=O)[C@@]4(CCC23)Cc2cccc(C)c2CS4)CC1CC#N. The molecular formula is C40H58N6O3S. The van der Waals surface area contributed by atoms with Gasteiger partial charge in [-0.05, 0) is 94.1 Å². The van der Waals surface area contributed by atoms with E-state index in [1.165, 1.54) is 48.4 Å². The molecule has 7 atom stereocenters. The number of likely N-dealkylation sites (tertiary alicyclic amines) is 1. The maximum Gasteiger partial charge on any atom is 0.246 e. The number of nitriles is 1. The molecule has 1 spiro atoms. The van der Waals surface area contributed by atoms with Gasteiger partial charge in [0.05, 0.1) is 41.6 Å². The Morgan fingerprint density at radius 2 is 1.90 bits per heavy atom. The van der Waals surface area contributed by atoms with Gasteiger partial charge in [0.25, 0.3) is 0 Å². The molecule has 1 aromatic carbocycles. The number of carbonyl (C=O) groups is 2. The highest BCUT2D eigenvalue weighted by molar-refractivity contribution is 8.00. The topological polar surface area (TPSA) is 101 Å². The lowest BCUT2D eigenvalue weighted by atomic mass is 9.56. The minimum absolute atomic E-state index is 0.0444. The third-order valence-electron chi connectivity index (χ3n) is 13.4. The minimum Gasteiger partial charge on any atom is -0.348 e. The number of fused-ring (bicyclic) bond motifs is 2. The first-order valence-corrected chi connectivity index (χ1v) is 20.4. The summed E-state index contributed by atoms with van der Waals surface area (Å²) in [4.78, 5) is 35.5. The van der Waals surface area contributed by atoms with Gasteiger partial charge in [0.2, 0.25) is 5.91 Å². The Bertz CT molecular complexity index is 1460. The number of ketones is 1. The molecule has 272 valence electrons. The number of likely N-dealkylation sites (N-methyl/N-ethyl adjacent to an activating group) is 1. The number of nitrogens with one attached hydrogen (secondary N) is 2. The summed E-state index contributed by atoms with van der Waals surface area (Å²) >= 11 is 1.90. The van der Waals surface area contributed by atoms with Crippen molar-refractivity contribution in [1.82, 2.24) is 25.3 Å². The second kappa shape index (κ2) is 15.4. The number of carbonyl (C=O) groups excluding carboxylic acids is 2. The molecule has 7 rings (SSSR count). The van der Waals surface area contributed by atoms with Gasteiger partial charge in [-0.15, -0.1) is 11.8 Å². The van der Waals surface area contributed by atoms with E-state index in [1.54, 1.807) is 0 Å². The van der Waals surface area contributed by atoms with Gasteiger partial charge in [0, 0.05) is 37.3 Å². The van der Waals surface area contributed by atoms with Crippen molar-refractivity contribution >= 4 is 23.5 Å². The number of Topliss-reactive ketones (excluding diaryl/α,β-unsaturated/α-hetero) is 1. The maximum atomic E-state index is 16.0. The number of benzene rings is 1. The molecule has 2 aliphatic carbocycles. The van der Waals surface area contributed by atoms with Crippen molar-refractivity contribution in [2.24, 2.45) is 11.8 Å². The van der Waals surface area contributed by atoms with E-state index in [2.05, 4.69) is 65.3 Å². The molecule has 6 aliphatic rings. The van der Waals surface area contributed by atoms with Crippen LogP contribution >= 0.6 is 11.8 Å². The fourth-order valence-corrected chi connectivity index (χ4v) is 12.2. The second-order valence-corrected chi connectivity index (χ2v) is 17.4. The minimum atomic E-state index is -0.731. The summed E-state index contributed by atoms with van der Waals surface area (Å²) in [7, 11) is 2.19. The Kier molecular flexibility index (Phi) is 11.1. The van der Waals surface area contributed by atoms with E-state index >= 15 is 4.79 Å². The summed E-state index contributed by atoms with van der Waals surface area (Å²) in [5.41, 5.74) is 3.34. The number of hydrogen-bond donors (Lipinski definition) is 2.